The van der Waals surface area contributed by atoms with Gasteiger partial charge in [0.15, 0.2) is 0 Å². The number of nitrogens with zero attached hydrogens (tertiary/aromatic N) is 2. The van der Waals surface area contributed by atoms with Crippen LogP contribution >= 0.6 is 0 Å². The molecule has 0 aromatic heterocycles. The van der Waals surface area contributed by atoms with Crippen molar-refractivity contribution in [3.8, 4) is 0 Å². The molecule has 0 saturated carbocycles. The molecule has 314 valence electrons. The Morgan fingerprint density at radius 3 is 1.08 bits per heavy atom. The minimum atomic E-state index is -0.0826. The first kappa shape index (κ1) is 56.3. The van der Waals surface area contributed by atoms with Gasteiger partial charge in [0.05, 0.1) is 19.9 Å². The van der Waals surface area contributed by atoms with Crippen LogP contribution in [0.2, 0.25) is 0 Å². The number of hydrogen-bond donors (Lipinski definition) is 1. The van der Waals surface area contributed by atoms with Crippen molar-refractivity contribution in [3.63, 3.8) is 0 Å². The first-order chi connectivity index (χ1) is 25.5. The van der Waals surface area contributed by atoms with E-state index >= 15 is 0 Å². The average molecular weight is 920 g/mol. The predicted octanol–water partition coefficient (Wildman–Crippen LogP) is 12.8. The van der Waals surface area contributed by atoms with Crippen LogP contribution in [0.4, 0.5) is 0 Å². The van der Waals surface area contributed by atoms with E-state index in [0.29, 0.717) is 39.1 Å². The van der Waals surface area contributed by atoms with Crippen LogP contribution in [0.3, 0.4) is 0 Å². The van der Waals surface area contributed by atoms with Crippen LogP contribution in [0.25, 0.3) is 5.32 Å². The molecule has 0 amide bonds. The maximum Gasteiger partial charge on any atom is 0.305 e. The molecule has 0 bridgehead atoms. The number of unbranched alkanes of at least 4 members (excludes halogenated alkanes) is 22. The third kappa shape index (κ3) is 55.4. The fourth-order valence-corrected chi connectivity index (χ4v) is 5.66. The van der Waals surface area contributed by atoms with Gasteiger partial charge in [0, 0.05) is 33.9 Å². The Hall–Kier alpha value is -1.01. The van der Waals surface area contributed by atoms with Crippen molar-refractivity contribution in [1.29, 1.82) is 0 Å². The molecule has 0 rings (SSSR count). The van der Waals surface area contributed by atoms with E-state index in [2.05, 4.69) is 43.5 Å². The molecule has 0 aliphatic carbocycles. The van der Waals surface area contributed by atoms with Crippen molar-refractivity contribution < 1.29 is 45.2 Å². The molecule has 0 aromatic carbocycles. The maximum atomic E-state index is 11.9. The van der Waals surface area contributed by atoms with Crippen molar-refractivity contribution in [2.75, 3.05) is 47.1 Å². The van der Waals surface area contributed by atoms with Crippen molar-refractivity contribution in [3.05, 3.63) is 29.6 Å². The zero-order valence-corrected chi connectivity index (χ0v) is 38.4. The molecule has 0 heterocycles. The molecule has 53 heavy (non-hydrogen) atoms. The Bertz CT molecular complexity index is 720. The SMILES string of the molecule is CCCCCCCC/C=C\CCCCCCCC(=O)OCCC[N-]CCCOC(=O)CCCCCCC/C=C\CCCCCCCC.CN(C)CO.[W]. The summed E-state index contributed by atoms with van der Waals surface area (Å²) < 4.78 is 10.7. The number of aliphatic hydroxyl groups excluding tert-OH is 1. The van der Waals surface area contributed by atoms with Crippen LogP contribution in [-0.4, -0.2) is 69.1 Å². The third-order valence-electron chi connectivity index (χ3n) is 9.02. The quantitative estimate of drug-likeness (QED) is 0.0286. The molecule has 0 radical (unpaired) electrons. The number of esters is 2. The zero-order valence-electron chi connectivity index (χ0n) is 35.4. The average Bonchev–Trinajstić information content (AvgIpc) is 3.14. The van der Waals surface area contributed by atoms with E-state index in [9.17, 15) is 9.59 Å². The molecule has 0 spiro atoms. The van der Waals surface area contributed by atoms with E-state index in [1.54, 1.807) is 19.0 Å². The molecular formula is C45H87N2O5W-. The van der Waals surface area contributed by atoms with Gasteiger partial charge in [-0.05, 0) is 91.1 Å². The first-order valence-electron chi connectivity index (χ1n) is 22.0. The summed E-state index contributed by atoms with van der Waals surface area (Å²) in [6.07, 6.45) is 44.7. The predicted molar refractivity (Wildman–Crippen MR) is 224 cm³/mol. The van der Waals surface area contributed by atoms with Gasteiger partial charge in [-0.15, -0.1) is 13.1 Å². The van der Waals surface area contributed by atoms with Crippen molar-refractivity contribution >= 4 is 11.9 Å². The van der Waals surface area contributed by atoms with Gasteiger partial charge >= 0.3 is 11.9 Å². The Labute approximate surface area is 343 Å². The molecule has 0 aliphatic heterocycles. The van der Waals surface area contributed by atoms with Crippen LogP contribution in [0, 0.1) is 0 Å². The first-order valence-corrected chi connectivity index (χ1v) is 22.0. The smallest absolute Gasteiger partial charge is 0.305 e. The second-order valence-electron chi connectivity index (χ2n) is 14.7. The van der Waals surface area contributed by atoms with Gasteiger partial charge < -0.3 is 19.9 Å². The molecule has 0 unspecified atom stereocenters. The number of carbonyl (C=O) groups excluding carboxylic acids is 2. The van der Waals surface area contributed by atoms with Gasteiger partial charge in [-0.3, -0.25) is 14.5 Å². The number of hydrogen-bond acceptors (Lipinski definition) is 6. The monoisotopic (exact) mass is 920 g/mol. The molecule has 0 aromatic rings. The summed E-state index contributed by atoms with van der Waals surface area (Å²) in [5.74, 6) is -0.165. The van der Waals surface area contributed by atoms with Gasteiger partial charge in [-0.25, -0.2) is 0 Å². The molecular weight excluding hydrogens is 832 g/mol. The molecule has 0 atom stereocenters. The standard InChI is InChI=1S/C42H78NO4.C3H9NO.W/c1-3-5-7-9-11-13-15-17-19-21-23-25-27-29-31-35-41(44)46-39-33-37-43-38-34-40-47-42(45)36-32-30-28-26-24-22-20-18-16-14-12-10-8-6-4-2;1-4(2)3-5;/h17-20H,3-16,21-40H2,1-2H3;5H,3H2,1-2H3;/q-1;;/b19-17-,20-18-;;. The number of allylic oxidation sites excluding steroid dienone is 4. The topological polar surface area (TPSA) is 90.2 Å². The fraction of sp³-hybridized carbons (Fsp3) is 0.867. The molecule has 8 heteroatoms. The summed E-state index contributed by atoms with van der Waals surface area (Å²) in [5.41, 5.74) is 0. The minimum Gasteiger partial charge on any atom is -0.662 e. The van der Waals surface area contributed by atoms with Gasteiger partial charge in [-0.1, -0.05) is 141 Å². The molecule has 0 saturated heterocycles. The van der Waals surface area contributed by atoms with E-state index in [4.69, 9.17) is 14.6 Å². The van der Waals surface area contributed by atoms with Gasteiger partial charge in [0.2, 0.25) is 0 Å². The van der Waals surface area contributed by atoms with Crippen molar-refractivity contribution in [1.82, 2.24) is 4.90 Å². The molecule has 0 fully saturated rings. The van der Waals surface area contributed by atoms with E-state index in [0.717, 1.165) is 38.5 Å². The number of carbonyl (C=O) groups is 2. The Kier molecular flexibility index (Phi) is 54.2. The number of rotatable bonds is 39. The van der Waals surface area contributed by atoms with Gasteiger partial charge in [0.25, 0.3) is 0 Å². The second-order valence-corrected chi connectivity index (χ2v) is 14.7. The number of ether oxygens (including phenoxy) is 2. The molecule has 7 nitrogen and oxygen atoms in total. The van der Waals surface area contributed by atoms with Crippen LogP contribution in [0.1, 0.15) is 206 Å². The van der Waals surface area contributed by atoms with E-state index < -0.39 is 0 Å². The Morgan fingerprint density at radius 2 is 0.774 bits per heavy atom. The summed E-state index contributed by atoms with van der Waals surface area (Å²) >= 11 is 0. The minimum absolute atomic E-state index is 0. The normalized spacial score (nSPS) is 11.2. The number of aliphatic hydroxyl groups is 1. The molecule has 0 aliphatic rings. The van der Waals surface area contributed by atoms with Crippen LogP contribution in [-0.2, 0) is 40.1 Å². The van der Waals surface area contributed by atoms with E-state index in [-0.39, 0.29) is 39.7 Å². The summed E-state index contributed by atoms with van der Waals surface area (Å²) in [6.45, 7) is 6.93. The molecule has 1 N–H and O–H groups in total. The summed E-state index contributed by atoms with van der Waals surface area (Å²) in [4.78, 5) is 25.5. The van der Waals surface area contributed by atoms with Crippen molar-refractivity contribution in [2.24, 2.45) is 0 Å². The third-order valence-corrected chi connectivity index (χ3v) is 9.02. The second kappa shape index (κ2) is 51.0. The zero-order chi connectivity index (χ0) is 38.4. The van der Waals surface area contributed by atoms with Gasteiger partial charge in [-0.2, -0.15) is 0 Å². The summed E-state index contributed by atoms with van der Waals surface area (Å²) in [5, 5.41) is 12.5. The van der Waals surface area contributed by atoms with Crippen LogP contribution in [0.5, 0.6) is 0 Å². The maximum absolute atomic E-state index is 11.9. The van der Waals surface area contributed by atoms with E-state index in [1.807, 2.05) is 0 Å². The Balaban J connectivity index is -0.00000387. The summed E-state index contributed by atoms with van der Waals surface area (Å²) in [6, 6.07) is 0. The van der Waals surface area contributed by atoms with Crippen LogP contribution < -0.4 is 0 Å². The van der Waals surface area contributed by atoms with E-state index in [1.165, 1.54) is 141 Å². The Morgan fingerprint density at radius 1 is 0.491 bits per heavy atom. The largest absolute Gasteiger partial charge is 0.662 e. The van der Waals surface area contributed by atoms with Gasteiger partial charge in [0.1, 0.15) is 0 Å². The fourth-order valence-electron chi connectivity index (χ4n) is 5.66. The summed E-state index contributed by atoms with van der Waals surface area (Å²) in [7, 11) is 3.61. The van der Waals surface area contributed by atoms with Crippen molar-refractivity contribution in [2.45, 2.75) is 206 Å². The van der Waals surface area contributed by atoms with Crippen LogP contribution in [0.15, 0.2) is 24.3 Å².